The third-order valence-electron chi connectivity index (χ3n) is 3.12. The molecule has 0 heterocycles. The van der Waals surface area contributed by atoms with Crippen molar-refractivity contribution in [2.45, 2.75) is 13.0 Å². The Morgan fingerprint density at radius 3 is 2.41 bits per heavy atom. The van der Waals surface area contributed by atoms with Gasteiger partial charge in [0.05, 0.1) is 11.0 Å². The number of nitrogens with one attached hydrogen (secondary N) is 1. The maximum atomic E-state index is 13.2. The maximum absolute atomic E-state index is 13.2. The van der Waals surface area contributed by atoms with Crippen LogP contribution in [0.3, 0.4) is 0 Å². The van der Waals surface area contributed by atoms with Crippen molar-refractivity contribution in [1.82, 2.24) is 5.32 Å². The van der Waals surface area contributed by atoms with E-state index < -0.39 is 34.2 Å². The fraction of sp³-hybridized carbons (Fsp3) is 0.133. The molecule has 0 aromatic heterocycles. The quantitative estimate of drug-likeness (QED) is 0.695. The number of benzene rings is 2. The van der Waals surface area contributed by atoms with Gasteiger partial charge in [-0.15, -0.1) is 0 Å². The summed E-state index contributed by atoms with van der Waals surface area (Å²) in [6.07, 6.45) is 0. The molecule has 0 unspecified atom stereocenters. The van der Waals surface area contributed by atoms with E-state index in [0.717, 1.165) is 18.2 Å². The molecule has 1 N–H and O–H groups in total. The number of nitro groups is 1. The normalized spacial score (nSPS) is 11.8. The zero-order valence-electron chi connectivity index (χ0n) is 11.5. The van der Waals surface area contributed by atoms with Crippen LogP contribution in [-0.2, 0) is 0 Å². The summed E-state index contributed by atoms with van der Waals surface area (Å²) in [5.41, 5.74) is -0.115. The Morgan fingerprint density at radius 1 is 1.18 bits per heavy atom. The minimum Gasteiger partial charge on any atom is -0.346 e. The van der Waals surface area contributed by atoms with E-state index in [-0.39, 0.29) is 5.56 Å². The van der Waals surface area contributed by atoms with Crippen LogP contribution in [0.25, 0.3) is 0 Å². The van der Waals surface area contributed by atoms with Gasteiger partial charge in [0, 0.05) is 11.6 Å². The van der Waals surface area contributed by atoms with E-state index in [4.69, 9.17) is 0 Å². The molecule has 0 aliphatic rings. The van der Waals surface area contributed by atoms with Gasteiger partial charge < -0.3 is 5.32 Å². The molecule has 0 bridgehead atoms. The Balaban J connectivity index is 2.16. The molecule has 2 rings (SSSR count). The largest absolute Gasteiger partial charge is 0.346 e. The van der Waals surface area contributed by atoms with Crippen molar-refractivity contribution in [3.8, 4) is 0 Å². The van der Waals surface area contributed by atoms with Crippen molar-refractivity contribution in [3.05, 3.63) is 75.3 Å². The van der Waals surface area contributed by atoms with Crippen LogP contribution in [-0.4, -0.2) is 10.8 Å². The Morgan fingerprint density at radius 2 is 1.82 bits per heavy atom. The number of carbonyl (C=O) groups excluding carboxylic acids is 1. The summed E-state index contributed by atoms with van der Waals surface area (Å²) in [5, 5.41) is 13.3. The number of hydrogen-bond donors (Lipinski definition) is 1. The molecule has 2 aromatic rings. The van der Waals surface area contributed by atoms with Crippen molar-refractivity contribution >= 4 is 11.6 Å². The summed E-state index contributed by atoms with van der Waals surface area (Å²) >= 11 is 0. The lowest BCUT2D eigenvalue weighted by atomic mass is 10.1. The number of hydrogen-bond acceptors (Lipinski definition) is 3. The fourth-order valence-corrected chi connectivity index (χ4v) is 1.91. The van der Waals surface area contributed by atoms with Gasteiger partial charge in [0.1, 0.15) is 5.82 Å². The third kappa shape index (κ3) is 3.43. The highest BCUT2D eigenvalue weighted by Crippen LogP contribution is 2.19. The molecule has 2 aromatic carbocycles. The number of nitro benzene ring substituents is 1. The van der Waals surface area contributed by atoms with Gasteiger partial charge in [-0.05, 0) is 36.8 Å². The number of halogens is 2. The van der Waals surface area contributed by atoms with Crippen LogP contribution in [0.4, 0.5) is 14.5 Å². The van der Waals surface area contributed by atoms with Crippen molar-refractivity contribution in [2.24, 2.45) is 0 Å². The van der Waals surface area contributed by atoms with Crippen molar-refractivity contribution < 1.29 is 18.5 Å². The van der Waals surface area contributed by atoms with E-state index >= 15 is 0 Å². The average molecular weight is 306 g/mol. The van der Waals surface area contributed by atoms with E-state index in [1.165, 1.54) is 24.3 Å². The monoisotopic (exact) mass is 306 g/mol. The molecule has 0 aliphatic carbocycles. The predicted molar refractivity (Wildman–Crippen MR) is 75.3 cm³/mol. The van der Waals surface area contributed by atoms with E-state index in [0.29, 0.717) is 5.56 Å². The van der Waals surface area contributed by atoms with E-state index in [1.807, 2.05) is 0 Å². The van der Waals surface area contributed by atoms with Crippen LogP contribution >= 0.6 is 0 Å². The van der Waals surface area contributed by atoms with E-state index in [2.05, 4.69) is 5.32 Å². The van der Waals surface area contributed by atoms with Gasteiger partial charge >= 0.3 is 5.69 Å². The molecule has 0 saturated heterocycles. The number of nitrogens with zero attached hydrogens (tertiary/aromatic N) is 1. The zero-order valence-corrected chi connectivity index (χ0v) is 11.5. The molecule has 114 valence electrons. The maximum Gasteiger partial charge on any atom is 0.305 e. The van der Waals surface area contributed by atoms with Gasteiger partial charge in [0.25, 0.3) is 5.91 Å². The molecule has 5 nitrogen and oxygen atoms in total. The molecule has 22 heavy (non-hydrogen) atoms. The molecule has 0 fully saturated rings. The van der Waals surface area contributed by atoms with Gasteiger partial charge in [-0.3, -0.25) is 14.9 Å². The van der Waals surface area contributed by atoms with Crippen molar-refractivity contribution in [2.75, 3.05) is 0 Å². The van der Waals surface area contributed by atoms with Gasteiger partial charge in [0.15, 0.2) is 0 Å². The second kappa shape index (κ2) is 6.30. The summed E-state index contributed by atoms with van der Waals surface area (Å²) in [6.45, 7) is 1.68. The zero-order chi connectivity index (χ0) is 16.3. The predicted octanol–water partition coefficient (Wildman–Crippen LogP) is 3.36. The van der Waals surface area contributed by atoms with Crippen LogP contribution in [0.5, 0.6) is 0 Å². The van der Waals surface area contributed by atoms with E-state index in [1.54, 1.807) is 6.92 Å². The van der Waals surface area contributed by atoms with Gasteiger partial charge in [-0.2, -0.15) is 4.39 Å². The van der Waals surface area contributed by atoms with Crippen LogP contribution in [0.2, 0.25) is 0 Å². The molecule has 0 spiro atoms. The molecule has 0 radical (unpaired) electrons. The van der Waals surface area contributed by atoms with Crippen LogP contribution < -0.4 is 5.32 Å². The molecule has 1 atom stereocenters. The molecule has 1 amide bonds. The van der Waals surface area contributed by atoms with E-state index in [9.17, 15) is 23.7 Å². The topological polar surface area (TPSA) is 72.2 Å². The summed E-state index contributed by atoms with van der Waals surface area (Å²) < 4.78 is 26.1. The Labute approximate surface area is 124 Å². The first-order valence-electron chi connectivity index (χ1n) is 6.38. The summed E-state index contributed by atoms with van der Waals surface area (Å²) in [5.74, 6) is -1.98. The fourth-order valence-electron chi connectivity index (χ4n) is 1.91. The van der Waals surface area contributed by atoms with Gasteiger partial charge in [-0.25, -0.2) is 4.39 Å². The summed E-state index contributed by atoms with van der Waals surface area (Å²) in [6, 6.07) is 8.05. The second-order valence-corrected chi connectivity index (χ2v) is 4.67. The Hall–Kier alpha value is -2.83. The molecular weight excluding hydrogens is 294 g/mol. The van der Waals surface area contributed by atoms with Crippen LogP contribution in [0, 0.1) is 21.7 Å². The molecular formula is C15H12F2N2O3. The average Bonchev–Trinajstić information content (AvgIpc) is 2.47. The minimum atomic E-state index is -1.01. The lowest BCUT2D eigenvalue weighted by molar-refractivity contribution is -0.387. The molecule has 0 saturated carbocycles. The molecule has 0 aliphatic heterocycles. The second-order valence-electron chi connectivity index (χ2n) is 4.67. The summed E-state index contributed by atoms with van der Waals surface area (Å²) in [7, 11) is 0. The highest BCUT2D eigenvalue weighted by Gasteiger charge is 2.18. The van der Waals surface area contributed by atoms with Crippen LogP contribution in [0.1, 0.15) is 28.9 Å². The highest BCUT2D eigenvalue weighted by atomic mass is 19.1. The lowest BCUT2D eigenvalue weighted by Gasteiger charge is -2.14. The number of amides is 1. The first-order chi connectivity index (χ1) is 10.4. The number of rotatable bonds is 4. The minimum absolute atomic E-state index is 0.0259. The molecule has 7 heteroatoms. The standard InChI is InChI=1S/C15H12F2N2O3/c1-9(10-2-5-12(16)6-3-10)18-15(20)11-4-7-13(17)14(8-11)19(21)22/h2-9H,1H3,(H,18,20)/t9-/m0/s1. The Kier molecular flexibility index (Phi) is 4.45. The first kappa shape index (κ1) is 15.6. The summed E-state index contributed by atoms with van der Waals surface area (Å²) in [4.78, 5) is 21.8. The third-order valence-corrected chi connectivity index (χ3v) is 3.12. The Bertz CT molecular complexity index is 717. The highest BCUT2D eigenvalue weighted by molar-refractivity contribution is 5.95. The van der Waals surface area contributed by atoms with Crippen LogP contribution in [0.15, 0.2) is 42.5 Å². The van der Waals surface area contributed by atoms with Gasteiger partial charge in [0.2, 0.25) is 5.82 Å². The van der Waals surface area contributed by atoms with Crippen molar-refractivity contribution in [3.63, 3.8) is 0 Å². The SMILES string of the molecule is C[C@H](NC(=O)c1ccc(F)c([N+](=O)[O-])c1)c1ccc(F)cc1. The van der Waals surface area contributed by atoms with Gasteiger partial charge in [-0.1, -0.05) is 12.1 Å². The number of carbonyl (C=O) groups is 1. The first-order valence-corrected chi connectivity index (χ1v) is 6.38. The van der Waals surface area contributed by atoms with Crippen molar-refractivity contribution in [1.29, 1.82) is 0 Å². The lowest BCUT2D eigenvalue weighted by Crippen LogP contribution is -2.26. The smallest absolute Gasteiger partial charge is 0.305 e.